The molecule has 17 heavy (non-hydrogen) atoms. The Morgan fingerprint density at radius 2 is 2.24 bits per heavy atom. The van der Waals surface area contributed by atoms with Crippen LogP contribution >= 0.6 is 11.8 Å². The lowest BCUT2D eigenvalue weighted by Gasteiger charge is -2.10. The number of hydrogen-bond donors (Lipinski definition) is 3. The van der Waals surface area contributed by atoms with E-state index in [9.17, 15) is 4.79 Å². The second-order valence-electron chi connectivity index (χ2n) is 3.93. The molecule has 5 heteroatoms. The van der Waals surface area contributed by atoms with Gasteiger partial charge in [0.2, 0.25) is 5.91 Å². The summed E-state index contributed by atoms with van der Waals surface area (Å²) in [4.78, 5) is 11.8. The SMILES string of the molecule is O=C(Nc1ccc(CCO)cc1)C1CSCN1. The zero-order chi connectivity index (χ0) is 12.1. The van der Waals surface area contributed by atoms with Crippen LogP contribution in [0.25, 0.3) is 0 Å². The molecule has 1 aromatic carbocycles. The summed E-state index contributed by atoms with van der Waals surface area (Å²) in [5.41, 5.74) is 1.87. The van der Waals surface area contributed by atoms with E-state index in [2.05, 4.69) is 10.6 Å². The van der Waals surface area contributed by atoms with Gasteiger partial charge in [-0.15, -0.1) is 11.8 Å². The van der Waals surface area contributed by atoms with Crippen LogP contribution in [0.4, 0.5) is 5.69 Å². The van der Waals surface area contributed by atoms with E-state index in [1.165, 1.54) is 0 Å². The Morgan fingerprint density at radius 1 is 1.47 bits per heavy atom. The predicted molar refractivity (Wildman–Crippen MR) is 70.1 cm³/mol. The van der Waals surface area contributed by atoms with Gasteiger partial charge in [-0.2, -0.15) is 0 Å². The number of carbonyl (C=O) groups excluding carboxylic acids is 1. The molecule has 4 nitrogen and oxygen atoms in total. The van der Waals surface area contributed by atoms with E-state index in [0.29, 0.717) is 6.42 Å². The van der Waals surface area contributed by atoms with Crippen LogP contribution in [0.1, 0.15) is 5.56 Å². The van der Waals surface area contributed by atoms with Crippen molar-refractivity contribution in [2.45, 2.75) is 12.5 Å². The number of thioether (sulfide) groups is 1. The summed E-state index contributed by atoms with van der Waals surface area (Å²) in [7, 11) is 0. The molecule has 2 rings (SSSR count). The first-order chi connectivity index (χ1) is 8.29. The fourth-order valence-corrected chi connectivity index (χ4v) is 2.62. The Bertz CT molecular complexity index is 375. The molecule has 1 heterocycles. The summed E-state index contributed by atoms with van der Waals surface area (Å²) in [6.07, 6.45) is 0.648. The van der Waals surface area contributed by atoms with Crippen LogP contribution in [0, 0.1) is 0 Å². The number of benzene rings is 1. The summed E-state index contributed by atoms with van der Waals surface area (Å²) in [5.74, 6) is 1.69. The van der Waals surface area contributed by atoms with Crippen molar-refractivity contribution in [1.29, 1.82) is 0 Å². The van der Waals surface area contributed by atoms with Crippen LogP contribution in [0.2, 0.25) is 0 Å². The van der Waals surface area contributed by atoms with Gasteiger partial charge in [-0.3, -0.25) is 10.1 Å². The van der Waals surface area contributed by atoms with Crippen LogP contribution in [-0.4, -0.2) is 35.3 Å². The largest absolute Gasteiger partial charge is 0.396 e. The molecule has 92 valence electrons. The van der Waals surface area contributed by atoms with Crippen molar-refractivity contribution in [3.05, 3.63) is 29.8 Å². The average Bonchev–Trinajstić information content (AvgIpc) is 2.86. The van der Waals surface area contributed by atoms with Crippen molar-refractivity contribution >= 4 is 23.4 Å². The molecule has 1 amide bonds. The molecule has 0 aromatic heterocycles. The fourth-order valence-electron chi connectivity index (χ4n) is 1.68. The molecule has 1 saturated heterocycles. The zero-order valence-electron chi connectivity index (χ0n) is 9.48. The normalized spacial score (nSPS) is 19.2. The Labute approximate surface area is 105 Å². The Hall–Kier alpha value is -1.04. The number of amides is 1. The van der Waals surface area contributed by atoms with Gasteiger partial charge in [0, 0.05) is 23.9 Å². The van der Waals surface area contributed by atoms with Gasteiger partial charge in [-0.1, -0.05) is 12.1 Å². The molecule has 1 atom stereocenters. The first-order valence-electron chi connectivity index (χ1n) is 5.61. The molecule has 1 aliphatic rings. The monoisotopic (exact) mass is 252 g/mol. The molecule has 0 bridgehead atoms. The van der Waals surface area contributed by atoms with Gasteiger partial charge in [0.15, 0.2) is 0 Å². The Balaban J connectivity index is 1.91. The predicted octanol–water partition coefficient (Wildman–Crippen LogP) is 0.822. The number of hydrogen-bond acceptors (Lipinski definition) is 4. The fraction of sp³-hybridized carbons (Fsp3) is 0.417. The third kappa shape index (κ3) is 3.46. The first kappa shape index (κ1) is 12.4. The highest BCUT2D eigenvalue weighted by Gasteiger charge is 2.22. The first-order valence-corrected chi connectivity index (χ1v) is 6.77. The van der Waals surface area contributed by atoms with E-state index in [4.69, 9.17) is 5.11 Å². The molecule has 1 fully saturated rings. The van der Waals surface area contributed by atoms with Gasteiger partial charge < -0.3 is 10.4 Å². The molecule has 1 aromatic rings. The van der Waals surface area contributed by atoms with Crippen molar-refractivity contribution in [2.24, 2.45) is 0 Å². The van der Waals surface area contributed by atoms with E-state index in [0.717, 1.165) is 22.9 Å². The third-order valence-electron chi connectivity index (χ3n) is 2.65. The molecular formula is C12H16N2O2S. The topological polar surface area (TPSA) is 61.4 Å². The maximum Gasteiger partial charge on any atom is 0.242 e. The number of nitrogens with one attached hydrogen (secondary N) is 2. The molecule has 1 unspecified atom stereocenters. The highest BCUT2D eigenvalue weighted by atomic mass is 32.2. The summed E-state index contributed by atoms with van der Waals surface area (Å²) in [6, 6.07) is 7.48. The number of carbonyl (C=O) groups is 1. The molecule has 0 spiro atoms. The van der Waals surface area contributed by atoms with Crippen molar-refractivity contribution in [3.8, 4) is 0 Å². The maximum absolute atomic E-state index is 11.8. The minimum Gasteiger partial charge on any atom is -0.396 e. The zero-order valence-corrected chi connectivity index (χ0v) is 10.3. The standard InChI is InChI=1S/C12H16N2O2S/c15-6-5-9-1-3-10(4-2-9)14-12(16)11-7-17-8-13-11/h1-4,11,13,15H,5-8H2,(H,14,16). The minimum absolute atomic E-state index is 0.0184. The van der Waals surface area contributed by atoms with Gasteiger partial charge in [-0.25, -0.2) is 0 Å². The van der Waals surface area contributed by atoms with Crippen molar-refractivity contribution < 1.29 is 9.90 Å². The highest BCUT2D eigenvalue weighted by Crippen LogP contribution is 2.14. The van der Waals surface area contributed by atoms with Gasteiger partial charge in [-0.05, 0) is 24.1 Å². The van der Waals surface area contributed by atoms with Crippen LogP contribution in [0.5, 0.6) is 0 Å². The second-order valence-corrected chi connectivity index (χ2v) is 4.96. The van der Waals surface area contributed by atoms with Crippen LogP contribution in [0.15, 0.2) is 24.3 Å². The lowest BCUT2D eigenvalue weighted by atomic mass is 10.1. The quantitative estimate of drug-likeness (QED) is 0.742. The molecule has 0 saturated carbocycles. The van der Waals surface area contributed by atoms with Crippen molar-refractivity contribution in [2.75, 3.05) is 23.6 Å². The lowest BCUT2D eigenvalue weighted by Crippen LogP contribution is -2.37. The highest BCUT2D eigenvalue weighted by molar-refractivity contribution is 7.99. The van der Waals surface area contributed by atoms with E-state index in [-0.39, 0.29) is 18.6 Å². The van der Waals surface area contributed by atoms with Crippen molar-refractivity contribution in [3.63, 3.8) is 0 Å². The lowest BCUT2D eigenvalue weighted by molar-refractivity contribution is -0.117. The number of anilines is 1. The Morgan fingerprint density at radius 3 is 2.82 bits per heavy atom. The van der Waals surface area contributed by atoms with E-state index in [1.54, 1.807) is 11.8 Å². The third-order valence-corrected chi connectivity index (χ3v) is 3.59. The van der Waals surface area contributed by atoms with E-state index in [1.807, 2.05) is 24.3 Å². The molecule has 0 radical (unpaired) electrons. The summed E-state index contributed by atoms with van der Waals surface area (Å²) >= 11 is 1.73. The molecule has 0 aliphatic carbocycles. The summed E-state index contributed by atoms with van der Waals surface area (Å²) < 4.78 is 0. The molecule has 1 aliphatic heterocycles. The van der Waals surface area contributed by atoms with Crippen molar-refractivity contribution in [1.82, 2.24) is 5.32 Å². The summed E-state index contributed by atoms with van der Waals surface area (Å²) in [5, 5.41) is 14.8. The maximum atomic E-state index is 11.8. The number of aliphatic hydroxyl groups excluding tert-OH is 1. The van der Waals surface area contributed by atoms with E-state index >= 15 is 0 Å². The minimum atomic E-state index is -0.0860. The van der Waals surface area contributed by atoms with Crippen LogP contribution in [0.3, 0.4) is 0 Å². The van der Waals surface area contributed by atoms with Gasteiger partial charge in [0.05, 0.1) is 6.04 Å². The van der Waals surface area contributed by atoms with Gasteiger partial charge >= 0.3 is 0 Å². The number of rotatable bonds is 4. The Kier molecular flexibility index (Phi) is 4.42. The second kappa shape index (κ2) is 6.05. The van der Waals surface area contributed by atoms with E-state index < -0.39 is 0 Å². The van der Waals surface area contributed by atoms with Crippen LogP contribution in [-0.2, 0) is 11.2 Å². The molecule has 3 N–H and O–H groups in total. The summed E-state index contributed by atoms with van der Waals surface area (Å²) in [6.45, 7) is 0.148. The molecular weight excluding hydrogens is 236 g/mol. The van der Waals surface area contributed by atoms with Gasteiger partial charge in [0.25, 0.3) is 0 Å². The smallest absolute Gasteiger partial charge is 0.242 e. The van der Waals surface area contributed by atoms with Gasteiger partial charge in [0.1, 0.15) is 0 Å². The van der Waals surface area contributed by atoms with Crippen LogP contribution < -0.4 is 10.6 Å². The average molecular weight is 252 g/mol. The number of aliphatic hydroxyl groups is 1.